The molecule has 8 heteroatoms. The summed E-state index contributed by atoms with van der Waals surface area (Å²) < 4.78 is 4.93. The highest BCUT2D eigenvalue weighted by molar-refractivity contribution is 6.42. The van der Waals surface area contributed by atoms with E-state index in [1.807, 2.05) is 0 Å². The minimum Gasteiger partial charge on any atom is -0.476 e. The Kier molecular flexibility index (Phi) is 3.46. The third-order valence-corrected chi connectivity index (χ3v) is 2.93. The molecule has 1 heterocycles. The zero-order chi connectivity index (χ0) is 14.2. The molecule has 0 atom stereocenters. The first-order valence-corrected chi connectivity index (χ1v) is 5.58. The monoisotopic (exact) mass is 301 g/mol. The molecule has 1 aromatic heterocycles. The molecule has 6 nitrogen and oxygen atoms in total. The fourth-order valence-corrected chi connectivity index (χ4v) is 1.66. The Morgan fingerprint density at radius 2 is 1.79 bits per heavy atom. The van der Waals surface area contributed by atoms with Gasteiger partial charge in [-0.15, -0.1) is 0 Å². The number of oxazole rings is 1. The minimum atomic E-state index is -1.52. The van der Waals surface area contributed by atoms with Crippen LogP contribution in [0.1, 0.15) is 21.0 Å². The van der Waals surface area contributed by atoms with Crippen LogP contribution in [0.3, 0.4) is 0 Å². The predicted molar refractivity (Wildman–Crippen MR) is 65.9 cm³/mol. The van der Waals surface area contributed by atoms with Crippen molar-refractivity contribution in [2.75, 3.05) is 0 Å². The van der Waals surface area contributed by atoms with E-state index in [1.54, 1.807) is 0 Å². The van der Waals surface area contributed by atoms with E-state index in [1.165, 1.54) is 18.2 Å². The third-order valence-electron chi connectivity index (χ3n) is 2.19. The van der Waals surface area contributed by atoms with Crippen molar-refractivity contribution < 1.29 is 24.2 Å². The molecule has 2 aromatic rings. The molecule has 0 bridgehead atoms. The highest BCUT2D eigenvalue weighted by Gasteiger charge is 2.25. The van der Waals surface area contributed by atoms with E-state index in [9.17, 15) is 9.59 Å². The summed E-state index contributed by atoms with van der Waals surface area (Å²) in [6.07, 6.45) is 0. The van der Waals surface area contributed by atoms with Crippen LogP contribution < -0.4 is 0 Å². The molecule has 0 aliphatic heterocycles. The molecular formula is C11H5Cl2NO5. The number of hydrogen-bond acceptors (Lipinski definition) is 4. The lowest BCUT2D eigenvalue weighted by atomic mass is 10.2. The first-order valence-electron chi connectivity index (χ1n) is 4.83. The first-order chi connectivity index (χ1) is 8.90. The SMILES string of the molecule is O=C(O)c1nc(-c2ccc(Cl)c(Cl)c2)oc1C(=O)O. The van der Waals surface area contributed by atoms with Gasteiger partial charge in [0.05, 0.1) is 10.0 Å². The summed E-state index contributed by atoms with van der Waals surface area (Å²) in [5.41, 5.74) is -0.349. The summed E-state index contributed by atoms with van der Waals surface area (Å²) in [5.74, 6) is -3.91. The number of carboxylic acid groups (broad SMARTS) is 2. The second-order valence-electron chi connectivity index (χ2n) is 3.44. The molecule has 0 spiro atoms. The van der Waals surface area contributed by atoms with Gasteiger partial charge in [-0.25, -0.2) is 14.6 Å². The molecule has 2 N–H and O–H groups in total. The highest BCUT2D eigenvalue weighted by Crippen LogP contribution is 2.29. The van der Waals surface area contributed by atoms with Gasteiger partial charge in [0.25, 0.3) is 0 Å². The Labute approximate surface area is 116 Å². The molecule has 2 rings (SSSR count). The molecule has 0 aliphatic rings. The zero-order valence-corrected chi connectivity index (χ0v) is 10.6. The number of aromatic carboxylic acids is 2. The van der Waals surface area contributed by atoms with E-state index < -0.39 is 23.4 Å². The van der Waals surface area contributed by atoms with Crippen LogP contribution in [0.25, 0.3) is 11.5 Å². The molecule has 19 heavy (non-hydrogen) atoms. The van der Waals surface area contributed by atoms with Crippen LogP contribution in [0.2, 0.25) is 10.0 Å². The lowest BCUT2D eigenvalue weighted by Gasteiger charge is -1.98. The zero-order valence-electron chi connectivity index (χ0n) is 9.05. The quantitative estimate of drug-likeness (QED) is 0.903. The lowest BCUT2D eigenvalue weighted by Crippen LogP contribution is -2.05. The van der Waals surface area contributed by atoms with Crippen LogP contribution in [0.15, 0.2) is 22.6 Å². The fraction of sp³-hybridized carbons (Fsp3) is 0. The van der Waals surface area contributed by atoms with Gasteiger partial charge in [0, 0.05) is 5.56 Å². The van der Waals surface area contributed by atoms with Crippen LogP contribution in [-0.2, 0) is 0 Å². The molecule has 0 unspecified atom stereocenters. The average Bonchev–Trinajstić information content (AvgIpc) is 2.78. The number of nitrogens with zero attached hydrogens (tertiary/aromatic N) is 1. The van der Waals surface area contributed by atoms with Gasteiger partial charge in [-0.1, -0.05) is 23.2 Å². The Hall–Kier alpha value is -2.05. The van der Waals surface area contributed by atoms with Crippen LogP contribution in [0, 0.1) is 0 Å². The summed E-state index contributed by atoms with van der Waals surface area (Å²) in [4.78, 5) is 25.3. The van der Waals surface area contributed by atoms with E-state index >= 15 is 0 Å². The molecule has 98 valence electrons. The lowest BCUT2D eigenvalue weighted by molar-refractivity contribution is 0.0624. The standard InChI is InChI=1S/C11H5Cl2NO5/c12-5-2-1-4(3-6(5)13)9-14-7(10(15)16)8(19-9)11(17)18/h1-3H,(H,15,16)(H,17,18). The van der Waals surface area contributed by atoms with Crippen molar-refractivity contribution >= 4 is 35.1 Å². The van der Waals surface area contributed by atoms with Gasteiger partial charge in [0.1, 0.15) is 0 Å². The Bertz CT molecular complexity index is 648. The maximum absolute atomic E-state index is 10.9. The molecule has 0 aliphatic carbocycles. The van der Waals surface area contributed by atoms with Gasteiger partial charge in [-0.05, 0) is 18.2 Å². The first kappa shape index (κ1) is 13.4. The Morgan fingerprint density at radius 1 is 1.11 bits per heavy atom. The van der Waals surface area contributed by atoms with E-state index in [4.69, 9.17) is 37.8 Å². The van der Waals surface area contributed by atoms with Gasteiger partial charge in [-0.3, -0.25) is 0 Å². The van der Waals surface area contributed by atoms with Gasteiger partial charge in [0.15, 0.2) is 0 Å². The van der Waals surface area contributed by atoms with Gasteiger partial charge in [-0.2, -0.15) is 0 Å². The van der Waals surface area contributed by atoms with Crippen molar-refractivity contribution in [3.05, 3.63) is 39.7 Å². The molecule has 0 radical (unpaired) electrons. The second-order valence-corrected chi connectivity index (χ2v) is 4.25. The average molecular weight is 302 g/mol. The molecule has 0 amide bonds. The molecule has 1 aromatic carbocycles. The van der Waals surface area contributed by atoms with Crippen molar-refractivity contribution in [2.24, 2.45) is 0 Å². The number of aromatic nitrogens is 1. The molecule has 0 fully saturated rings. The topological polar surface area (TPSA) is 101 Å². The van der Waals surface area contributed by atoms with Crippen molar-refractivity contribution in [1.82, 2.24) is 4.98 Å². The van der Waals surface area contributed by atoms with Gasteiger partial charge in [0.2, 0.25) is 17.3 Å². The summed E-state index contributed by atoms with van der Waals surface area (Å²) >= 11 is 11.5. The maximum atomic E-state index is 10.9. The number of hydrogen-bond donors (Lipinski definition) is 2. The largest absolute Gasteiger partial charge is 0.476 e. The summed E-state index contributed by atoms with van der Waals surface area (Å²) in [5, 5.41) is 18.2. The smallest absolute Gasteiger partial charge is 0.374 e. The van der Waals surface area contributed by atoms with E-state index in [0.29, 0.717) is 10.6 Å². The maximum Gasteiger partial charge on any atom is 0.374 e. The summed E-state index contributed by atoms with van der Waals surface area (Å²) in [7, 11) is 0. The van der Waals surface area contributed by atoms with E-state index in [2.05, 4.69) is 4.98 Å². The summed E-state index contributed by atoms with van der Waals surface area (Å²) in [6, 6.07) is 4.34. The molecule has 0 saturated carbocycles. The molecule has 0 saturated heterocycles. The number of carbonyl (C=O) groups is 2. The third kappa shape index (κ3) is 2.54. The normalized spacial score (nSPS) is 10.4. The van der Waals surface area contributed by atoms with E-state index in [0.717, 1.165) is 0 Å². The van der Waals surface area contributed by atoms with Crippen molar-refractivity contribution in [1.29, 1.82) is 0 Å². The van der Waals surface area contributed by atoms with Crippen LogP contribution in [0.5, 0.6) is 0 Å². The number of rotatable bonds is 3. The number of benzene rings is 1. The van der Waals surface area contributed by atoms with Gasteiger partial charge < -0.3 is 14.6 Å². The highest BCUT2D eigenvalue weighted by atomic mass is 35.5. The van der Waals surface area contributed by atoms with Crippen molar-refractivity contribution in [3.8, 4) is 11.5 Å². The number of halogens is 2. The number of carboxylic acids is 2. The fourth-order valence-electron chi connectivity index (χ4n) is 1.36. The van der Waals surface area contributed by atoms with Crippen molar-refractivity contribution in [3.63, 3.8) is 0 Å². The minimum absolute atomic E-state index is 0.159. The van der Waals surface area contributed by atoms with Gasteiger partial charge >= 0.3 is 11.9 Å². The van der Waals surface area contributed by atoms with E-state index in [-0.39, 0.29) is 10.9 Å². The van der Waals surface area contributed by atoms with Crippen molar-refractivity contribution in [2.45, 2.75) is 0 Å². The van der Waals surface area contributed by atoms with Crippen LogP contribution in [-0.4, -0.2) is 27.1 Å². The summed E-state index contributed by atoms with van der Waals surface area (Å²) in [6.45, 7) is 0. The second kappa shape index (κ2) is 4.91. The Balaban J connectivity index is 2.57. The van der Waals surface area contributed by atoms with Crippen LogP contribution in [0.4, 0.5) is 0 Å². The molecular weight excluding hydrogens is 297 g/mol. The Morgan fingerprint density at radius 3 is 2.26 bits per heavy atom. The van der Waals surface area contributed by atoms with Crippen LogP contribution >= 0.6 is 23.2 Å². The predicted octanol–water partition coefficient (Wildman–Crippen LogP) is 3.04.